The average molecular weight is 465 g/mol. The van der Waals surface area contributed by atoms with Crippen LogP contribution in [0.15, 0.2) is 42.5 Å². The number of ether oxygens (including phenoxy) is 2. The Morgan fingerprint density at radius 2 is 1.97 bits per heavy atom. The SMILES string of the molecule is CC(=O)c1ccc(-c2ccc3c4c(ccc3c2)O[C@H](CNC(=O)[C@H](C)N2CCOCC2)C4)s1. The van der Waals surface area contributed by atoms with E-state index in [1.54, 1.807) is 6.92 Å². The van der Waals surface area contributed by atoms with E-state index in [9.17, 15) is 9.59 Å². The van der Waals surface area contributed by atoms with E-state index in [2.05, 4.69) is 34.5 Å². The number of carbonyl (C=O) groups is 2. The second kappa shape index (κ2) is 9.25. The molecule has 7 heteroatoms. The van der Waals surface area contributed by atoms with Crippen molar-refractivity contribution in [2.24, 2.45) is 0 Å². The number of benzene rings is 2. The molecule has 2 aromatic carbocycles. The molecule has 1 N–H and O–H groups in total. The molecular weight excluding hydrogens is 436 g/mol. The molecule has 0 saturated carbocycles. The first-order valence-electron chi connectivity index (χ1n) is 11.4. The summed E-state index contributed by atoms with van der Waals surface area (Å²) in [4.78, 5) is 28.3. The summed E-state index contributed by atoms with van der Waals surface area (Å²) < 4.78 is 11.5. The molecule has 0 spiro atoms. The Labute approximate surface area is 197 Å². The van der Waals surface area contributed by atoms with Gasteiger partial charge >= 0.3 is 0 Å². The molecule has 1 fully saturated rings. The summed E-state index contributed by atoms with van der Waals surface area (Å²) in [5.74, 6) is 1.03. The zero-order valence-electron chi connectivity index (χ0n) is 18.9. The molecule has 2 aliphatic heterocycles. The lowest BCUT2D eigenvalue weighted by atomic mass is 9.98. The molecule has 6 nitrogen and oxygen atoms in total. The number of carbonyl (C=O) groups excluding carboxylic acids is 2. The van der Waals surface area contributed by atoms with Crippen molar-refractivity contribution in [2.75, 3.05) is 32.8 Å². The Balaban J connectivity index is 1.26. The molecule has 1 aromatic heterocycles. The monoisotopic (exact) mass is 464 g/mol. The van der Waals surface area contributed by atoms with Crippen molar-refractivity contribution >= 4 is 33.8 Å². The van der Waals surface area contributed by atoms with Gasteiger partial charge in [-0.2, -0.15) is 0 Å². The molecule has 2 aliphatic rings. The van der Waals surface area contributed by atoms with Gasteiger partial charge in [0.2, 0.25) is 5.91 Å². The largest absolute Gasteiger partial charge is 0.488 e. The van der Waals surface area contributed by atoms with Gasteiger partial charge in [-0.25, -0.2) is 0 Å². The molecule has 0 aliphatic carbocycles. The summed E-state index contributed by atoms with van der Waals surface area (Å²) in [5, 5.41) is 5.40. The minimum atomic E-state index is -0.169. The highest BCUT2D eigenvalue weighted by molar-refractivity contribution is 7.17. The van der Waals surface area contributed by atoms with Crippen LogP contribution >= 0.6 is 11.3 Å². The summed E-state index contributed by atoms with van der Waals surface area (Å²) in [7, 11) is 0. The van der Waals surface area contributed by atoms with E-state index in [1.807, 2.05) is 25.1 Å². The molecule has 33 heavy (non-hydrogen) atoms. The number of hydrogen-bond acceptors (Lipinski definition) is 6. The van der Waals surface area contributed by atoms with Gasteiger partial charge in [-0.15, -0.1) is 11.3 Å². The summed E-state index contributed by atoms with van der Waals surface area (Å²) >= 11 is 1.53. The minimum Gasteiger partial charge on any atom is -0.488 e. The molecule has 3 aromatic rings. The quantitative estimate of drug-likeness (QED) is 0.560. The third kappa shape index (κ3) is 4.53. The Bertz CT molecular complexity index is 1200. The third-order valence-corrected chi connectivity index (χ3v) is 7.76. The fourth-order valence-corrected chi connectivity index (χ4v) is 5.48. The Hall–Kier alpha value is -2.74. The van der Waals surface area contributed by atoms with E-state index in [1.165, 1.54) is 22.3 Å². The highest BCUT2D eigenvalue weighted by Crippen LogP contribution is 2.37. The summed E-state index contributed by atoms with van der Waals surface area (Å²) in [6, 6.07) is 14.3. The van der Waals surface area contributed by atoms with E-state index in [-0.39, 0.29) is 23.8 Å². The highest BCUT2D eigenvalue weighted by Gasteiger charge is 2.27. The molecule has 172 valence electrons. The molecule has 2 atom stereocenters. The van der Waals surface area contributed by atoms with E-state index in [0.717, 1.165) is 46.0 Å². The molecule has 0 bridgehead atoms. The molecule has 0 radical (unpaired) electrons. The van der Waals surface area contributed by atoms with Crippen LogP contribution in [-0.2, 0) is 16.0 Å². The van der Waals surface area contributed by atoms with Crippen molar-refractivity contribution in [3.63, 3.8) is 0 Å². The van der Waals surface area contributed by atoms with Crippen molar-refractivity contribution in [3.05, 3.63) is 52.9 Å². The number of rotatable bonds is 6. The molecule has 1 saturated heterocycles. The first kappa shape index (κ1) is 22.1. The lowest BCUT2D eigenvalue weighted by molar-refractivity contribution is -0.127. The predicted molar refractivity (Wildman–Crippen MR) is 130 cm³/mol. The van der Waals surface area contributed by atoms with Crippen LogP contribution in [0.2, 0.25) is 0 Å². The van der Waals surface area contributed by atoms with E-state index in [4.69, 9.17) is 9.47 Å². The highest BCUT2D eigenvalue weighted by atomic mass is 32.1. The number of morpholine rings is 1. The first-order chi connectivity index (χ1) is 16.0. The van der Waals surface area contributed by atoms with E-state index in [0.29, 0.717) is 19.8 Å². The molecular formula is C26H28N2O4S. The zero-order valence-corrected chi connectivity index (χ0v) is 19.7. The summed E-state index contributed by atoms with van der Waals surface area (Å²) in [6.07, 6.45) is 0.702. The van der Waals surface area contributed by atoms with Crippen LogP contribution in [0.1, 0.15) is 29.1 Å². The fourth-order valence-electron chi connectivity index (χ4n) is 4.59. The Kier molecular flexibility index (Phi) is 6.19. The van der Waals surface area contributed by atoms with Gasteiger partial charge in [0.15, 0.2) is 5.78 Å². The number of fused-ring (bicyclic) bond motifs is 3. The maximum absolute atomic E-state index is 12.6. The number of nitrogens with zero attached hydrogens (tertiary/aromatic N) is 1. The van der Waals surface area contributed by atoms with Crippen molar-refractivity contribution < 1.29 is 19.1 Å². The van der Waals surface area contributed by atoms with Crippen molar-refractivity contribution in [1.29, 1.82) is 0 Å². The van der Waals surface area contributed by atoms with Crippen molar-refractivity contribution in [3.8, 4) is 16.2 Å². The number of Topliss-reactive ketones (excluding diaryl/α,β-unsaturated/α-hetero) is 1. The zero-order chi connectivity index (χ0) is 22.9. The number of amides is 1. The fraction of sp³-hybridized carbons (Fsp3) is 0.385. The van der Waals surface area contributed by atoms with E-state index >= 15 is 0 Å². The summed E-state index contributed by atoms with van der Waals surface area (Å²) in [5.41, 5.74) is 2.30. The van der Waals surface area contributed by atoms with Gasteiger partial charge in [-0.05, 0) is 54.4 Å². The maximum Gasteiger partial charge on any atom is 0.237 e. The van der Waals surface area contributed by atoms with Gasteiger partial charge in [-0.3, -0.25) is 14.5 Å². The van der Waals surface area contributed by atoms with Crippen LogP contribution in [0, 0.1) is 0 Å². The van der Waals surface area contributed by atoms with Crippen molar-refractivity contribution in [2.45, 2.75) is 32.4 Å². The van der Waals surface area contributed by atoms with Gasteiger partial charge in [0.25, 0.3) is 0 Å². The molecule has 3 heterocycles. The molecule has 5 rings (SSSR count). The van der Waals surface area contributed by atoms with Crippen LogP contribution in [0.3, 0.4) is 0 Å². The standard InChI is InChI=1S/C26H28N2O4S/c1-16(28-9-11-31-12-10-28)26(30)27-15-20-14-22-21-5-3-19(13-18(21)4-6-23(22)32-20)25-8-7-24(33-25)17(2)29/h3-8,13,16,20H,9-12,14-15H2,1-2H3,(H,27,30)/t16-,20-/m0/s1. The second-order valence-corrected chi connectivity index (χ2v) is 9.80. The predicted octanol–water partition coefficient (Wildman–Crippen LogP) is 3.91. The lowest BCUT2D eigenvalue weighted by Crippen LogP contribution is -2.50. The minimum absolute atomic E-state index is 0.0341. The maximum atomic E-state index is 12.6. The summed E-state index contributed by atoms with van der Waals surface area (Å²) in [6.45, 7) is 6.97. The van der Waals surface area contributed by atoms with Gasteiger partial charge in [0, 0.05) is 30.0 Å². The smallest absolute Gasteiger partial charge is 0.237 e. The van der Waals surface area contributed by atoms with Crippen LogP contribution in [0.4, 0.5) is 0 Å². The Morgan fingerprint density at radius 1 is 1.15 bits per heavy atom. The van der Waals surface area contributed by atoms with E-state index < -0.39 is 0 Å². The van der Waals surface area contributed by atoms with Crippen LogP contribution < -0.4 is 10.1 Å². The van der Waals surface area contributed by atoms with Gasteiger partial charge in [0.1, 0.15) is 11.9 Å². The number of ketones is 1. The van der Waals surface area contributed by atoms with Gasteiger partial charge in [0.05, 0.1) is 30.7 Å². The number of thiophene rings is 1. The lowest BCUT2D eigenvalue weighted by Gasteiger charge is -2.31. The average Bonchev–Trinajstić information content (AvgIpc) is 3.50. The van der Waals surface area contributed by atoms with Gasteiger partial charge in [-0.1, -0.05) is 18.2 Å². The first-order valence-corrected chi connectivity index (χ1v) is 12.2. The molecule has 1 amide bonds. The topological polar surface area (TPSA) is 67.9 Å². The van der Waals surface area contributed by atoms with Crippen LogP contribution in [-0.4, -0.2) is 61.6 Å². The second-order valence-electron chi connectivity index (χ2n) is 8.71. The Morgan fingerprint density at radius 3 is 2.73 bits per heavy atom. The number of hydrogen-bond donors (Lipinski definition) is 1. The van der Waals surface area contributed by atoms with Crippen LogP contribution in [0.5, 0.6) is 5.75 Å². The third-order valence-electron chi connectivity index (χ3n) is 6.53. The normalized spacial score (nSPS) is 19.2. The van der Waals surface area contributed by atoms with Crippen molar-refractivity contribution in [1.82, 2.24) is 10.2 Å². The van der Waals surface area contributed by atoms with Crippen LogP contribution in [0.25, 0.3) is 21.2 Å². The van der Waals surface area contributed by atoms with Gasteiger partial charge < -0.3 is 14.8 Å². The molecule has 0 unspecified atom stereocenters. The number of nitrogens with one attached hydrogen (secondary N) is 1.